The highest BCUT2D eigenvalue weighted by Crippen LogP contribution is 2.12. The second-order valence-corrected chi connectivity index (χ2v) is 4.37. The van der Waals surface area contributed by atoms with Crippen LogP contribution < -0.4 is 5.43 Å². The van der Waals surface area contributed by atoms with Crippen molar-refractivity contribution in [2.24, 2.45) is 10.3 Å². The van der Waals surface area contributed by atoms with Crippen LogP contribution in [0.3, 0.4) is 0 Å². The van der Waals surface area contributed by atoms with Crippen LogP contribution in [0.2, 0.25) is 0 Å². The molecule has 0 aliphatic carbocycles. The summed E-state index contributed by atoms with van der Waals surface area (Å²) in [6, 6.07) is 0. The standard InChI is InChI=1S/C12H18N4O2/c1-10-9-16(7-8-18-10)12(17)5-4-11-3-2-6-13-15-14-11/h2-3,6,10H,4-5,7-9H2,1H3,(H,13,14). The molecular formula is C12H18N4O2. The number of hydrogen-bond donors (Lipinski definition) is 1. The second kappa shape index (κ2) is 6.30. The van der Waals surface area contributed by atoms with E-state index in [0.717, 1.165) is 5.70 Å². The molecule has 1 fully saturated rings. The predicted molar refractivity (Wildman–Crippen MR) is 66.4 cm³/mol. The molecule has 0 aromatic rings. The molecule has 1 amide bonds. The number of ether oxygens (including phenoxy) is 1. The molecule has 2 aliphatic rings. The van der Waals surface area contributed by atoms with E-state index in [-0.39, 0.29) is 12.0 Å². The molecule has 1 N–H and O–H groups in total. The number of carbonyl (C=O) groups excluding carboxylic acids is 1. The lowest BCUT2D eigenvalue weighted by molar-refractivity contribution is -0.138. The van der Waals surface area contributed by atoms with Crippen LogP contribution in [0.4, 0.5) is 0 Å². The van der Waals surface area contributed by atoms with Gasteiger partial charge in [-0.25, -0.2) is 0 Å². The van der Waals surface area contributed by atoms with Gasteiger partial charge in [0.2, 0.25) is 5.91 Å². The zero-order chi connectivity index (χ0) is 12.8. The van der Waals surface area contributed by atoms with E-state index in [2.05, 4.69) is 15.8 Å². The molecule has 2 aliphatic heterocycles. The molecule has 0 spiro atoms. The Balaban J connectivity index is 1.80. The number of allylic oxidation sites excluding steroid dienone is 3. The fourth-order valence-corrected chi connectivity index (χ4v) is 1.93. The van der Waals surface area contributed by atoms with Crippen LogP contribution in [0.5, 0.6) is 0 Å². The van der Waals surface area contributed by atoms with E-state index in [4.69, 9.17) is 4.74 Å². The molecule has 0 aromatic heterocycles. The third kappa shape index (κ3) is 3.66. The second-order valence-electron chi connectivity index (χ2n) is 4.37. The Kier molecular flexibility index (Phi) is 4.46. The zero-order valence-electron chi connectivity index (χ0n) is 10.5. The van der Waals surface area contributed by atoms with Gasteiger partial charge < -0.3 is 9.64 Å². The van der Waals surface area contributed by atoms with E-state index >= 15 is 0 Å². The van der Waals surface area contributed by atoms with E-state index in [1.807, 2.05) is 24.0 Å². The summed E-state index contributed by atoms with van der Waals surface area (Å²) in [6.07, 6.45) is 6.59. The van der Waals surface area contributed by atoms with Crippen LogP contribution in [0.1, 0.15) is 19.8 Å². The fourth-order valence-electron chi connectivity index (χ4n) is 1.93. The van der Waals surface area contributed by atoms with Crippen molar-refractivity contribution in [2.75, 3.05) is 19.7 Å². The van der Waals surface area contributed by atoms with E-state index in [0.29, 0.717) is 32.5 Å². The molecule has 1 unspecified atom stereocenters. The third-order valence-corrected chi connectivity index (χ3v) is 2.88. The lowest BCUT2D eigenvalue weighted by Crippen LogP contribution is -2.44. The highest BCUT2D eigenvalue weighted by molar-refractivity contribution is 5.76. The van der Waals surface area contributed by atoms with Crippen LogP contribution in [-0.4, -0.2) is 36.6 Å². The van der Waals surface area contributed by atoms with Crippen molar-refractivity contribution in [1.82, 2.24) is 10.3 Å². The van der Waals surface area contributed by atoms with Crippen LogP contribution in [0, 0.1) is 0 Å². The Morgan fingerprint density at radius 2 is 2.56 bits per heavy atom. The molecule has 1 saturated heterocycles. The van der Waals surface area contributed by atoms with Gasteiger partial charge in [-0.1, -0.05) is 5.22 Å². The molecule has 0 aromatic carbocycles. The minimum atomic E-state index is 0.131. The SMILES string of the molecule is CC1CN(C(=O)CCC2=CC=CNN=N2)CCO1. The van der Waals surface area contributed by atoms with Gasteiger partial charge in [0.1, 0.15) is 0 Å². The number of rotatable bonds is 3. The molecule has 98 valence electrons. The molecule has 0 bridgehead atoms. The Bertz CT molecular complexity index is 390. The van der Waals surface area contributed by atoms with Gasteiger partial charge in [0, 0.05) is 32.1 Å². The summed E-state index contributed by atoms with van der Waals surface area (Å²) in [5.41, 5.74) is 3.46. The van der Waals surface area contributed by atoms with E-state index < -0.39 is 0 Å². The van der Waals surface area contributed by atoms with Crippen LogP contribution in [0.15, 0.2) is 34.4 Å². The lowest BCUT2D eigenvalue weighted by atomic mass is 10.2. The van der Waals surface area contributed by atoms with Crippen molar-refractivity contribution in [3.63, 3.8) is 0 Å². The first-order valence-corrected chi connectivity index (χ1v) is 6.17. The Hall–Kier alpha value is -1.69. The molecular weight excluding hydrogens is 232 g/mol. The van der Waals surface area contributed by atoms with Crippen LogP contribution in [0.25, 0.3) is 0 Å². The van der Waals surface area contributed by atoms with Gasteiger partial charge >= 0.3 is 0 Å². The predicted octanol–water partition coefficient (Wildman–Crippen LogP) is 1.38. The summed E-state index contributed by atoms with van der Waals surface area (Å²) in [5, 5.41) is 7.70. The van der Waals surface area contributed by atoms with Crippen LogP contribution in [-0.2, 0) is 9.53 Å². The summed E-state index contributed by atoms with van der Waals surface area (Å²) in [5.74, 6) is 0.155. The maximum atomic E-state index is 12.0. The molecule has 6 heteroatoms. The first-order chi connectivity index (χ1) is 8.75. The maximum absolute atomic E-state index is 12.0. The van der Waals surface area contributed by atoms with Gasteiger partial charge in [-0.05, 0) is 19.1 Å². The Morgan fingerprint density at radius 1 is 1.67 bits per heavy atom. The number of hydrogen-bond acceptors (Lipinski definition) is 5. The number of amides is 1. The van der Waals surface area contributed by atoms with Crippen molar-refractivity contribution >= 4 is 5.91 Å². The molecule has 6 nitrogen and oxygen atoms in total. The largest absolute Gasteiger partial charge is 0.375 e. The minimum Gasteiger partial charge on any atom is -0.375 e. The topological polar surface area (TPSA) is 66.3 Å². The summed E-state index contributed by atoms with van der Waals surface area (Å²) < 4.78 is 5.41. The highest BCUT2D eigenvalue weighted by atomic mass is 16.5. The van der Waals surface area contributed by atoms with Gasteiger partial charge in [-0.2, -0.15) is 0 Å². The molecule has 0 saturated carbocycles. The van der Waals surface area contributed by atoms with Crippen molar-refractivity contribution in [3.8, 4) is 0 Å². The van der Waals surface area contributed by atoms with Gasteiger partial charge in [-0.3, -0.25) is 10.2 Å². The molecule has 0 radical (unpaired) electrons. The average Bonchev–Trinajstić information content (AvgIpc) is 2.64. The molecule has 2 rings (SSSR count). The summed E-state index contributed by atoms with van der Waals surface area (Å²) in [4.78, 5) is 13.9. The fraction of sp³-hybridized carbons (Fsp3) is 0.583. The van der Waals surface area contributed by atoms with Crippen molar-refractivity contribution in [1.29, 1.82) is 0 Å². The van der Waals surface area contributed by atoms with Gasteiger partial charge in [0.15, 0.2) is 0 Å². The number of morpholine rings is 1. The molecule has 18 heavy (non-hydrogen) atoms. The Labute approximate surface area is 106 Å². The van der Waals surface area contributed by atoms with Crippen molar-refractivity contribution < 1.29 is 9.53 Å². The first kappa shape index (κ1) is 12.8. The number of carbonyl (C=O) groups is 1. The van der Waals surface area contributed by atoms with E-state index in [1.54, 1.807) is 6.20 Å². The van der Waals surface area contributed by atoms with E-state index in [9.17, 15) is 4.79 Å². The average molecular weight is 250 g/mol. The van der Waals surface area contributed by atoms with Gasteiger partial charge in [0.25, 0.3) is 0 Å². The summed E-state index contributed by atoms with van der Waals surface area (Å²) in [6.45, 7) is 3.98. The minimum absolute atomic E-state index is 0.131. The summed E-state index contributed by atoms with van der Waals surface area (Å²) >= 11 is 0. The maximum Gasteiger partial charge on any atom is 0.223 e. The molecule has 2 heterocycles. The van der Waals surface area contributed by atoms with Gasteiger partial charge in [-0.15, -0.1) is 5.11 Å². The van der Waals surface area contributed by atoms with Crippen molar-refractivity contribution in [2.45, 2.75) is 25.9 Å². The highest BCUT2D eigenvalue weighted by Gasteiger charge is 2.21. The summed E-state index contributed by atoms with van der Waals surface area (Å²) in [7, 11) is 0. The van der Waals surface area contributed by atoms with Crippen LogP contribution >= 0.6 is 0 Å². The Morgan fingerprint density at radius 3 is 3.39 bits per heavy atom. The zero-order valence-corrected chi connectivity index (χ0v) is 10.5. The molecule has 1 atom stereocenters. The number of nitrogens with one attached hydrogen (secondary N) is 1. The monoisotopic (exact) mass is 250 g/mol. The van der Waals surface area contributed by atoms with E-state index in [1.165, 1.54) is 0 Å². The lowest BCUT2D eigenvalue weighted by Gasteiger charge is -2.31. The quantitative estimate of drug-likeness (QED) is 0.823. The third-order valence-electron chi connectivity index (χ3n) is 2.88. The van der Waals surface area contributed by atoms with Crippen molar-refractivity contribution in [3.05, 3.63) is 24.0 Å². The smallest absolute Gasteiger partial charge is 0.223 e. The normalized spacial score (nSPS) is 23.3. The number of nitrogens with zero attached hydrogens (tertiary/aromatic N) is 3. The van der Waals surface area contributed by atoms with Gasteiger partial charge in [0.05, 0.1) is 18.4 Å². The first-order valence-electron chi connectivity index (χ1n) is 6.17.